The van der Waals surface area contributed by atoms with Gasteiger partial charge < -0.3 is 14.6 Å². The summed E-state index contributed by atoms with van der Waals surface area (Å²) in [6.45, 7) is 3.90. The minimum atomic E-state index is -0.719. The number of nitrogens with zero attached hydrogens (tertiary/aromatic N) is 2. The van der Waals surface area contributed by atoms with E-state index in [0.29, 0.717) is 24.0 Å². The molecule has 0 saturated carbocycles. The summed E-state index contributed by atoms with van der Waals surface area (Å²) in [7, 11) is 1.29. The molecule has 1 heterocycles. The molecular weight excluding hydrogens is 442 g/mol. The number of carbonyl (C=O) groups is 2. The third kappa shape index (κ3) is 6.04. The Hall–Kier alpha value is -4.18. The Balaban J connectivity index is 2.03. The van der Waals surface area contributed by atoms with E-state index in [1.54, 1.807) is 30.5 Å². The van der Waals surface area contributed by atoms with Crippen molar-refractivity contribution in [1.82, 2.24) is 9.88 Å². The van der Waals surface area contributed by atoms with Crippen molar-refractivity contribution in [3.63, 3.8) is 0 Å². The van der Waals surface area contributed by atoms with Crippen molar-refractivity contribution in [1.29, 1.82) is 5.26 Å². The van der Waals surface area contributed by atoms with Crippen molar-refractivity contribution >= 4 is 11.9 Å². The van der Waals surface area contributed by atoms with Crippen LogP contribution >= 0.6 is 0 Å². The van der Waals surface area contributed by atoms with Crippen molar-refractivity contribution in [3.05, 3.63) is 93.9 Å². The van der Waals surface area contributed by atoms with Crippen LogP contribution in [0.5, 0.6) is 0 Å². The first-order valence-corrected chi connectivity index (χ1v) is 11.5. The van der Waals surface area contributed by atoms with Crippen LogP contribution in [0.1, 0.15) is 55.0 Å². The summed E-state index contributed by atoms with van der Waals surface area (Å²) in [6.07, 6.45) is 2.65. The summed E-state index contributed by atoms with van der Waals surface area (Å²) >= 11 is 0. The second-order valence-electron chi connectivity index (χ2n) is 8.32. The fourth-order valence-corrected chi connectivity index (χ4v) is 4.11. The van der Waals surface area contributed by atoms with Gasteiger partial charge in [0.1, 0.15) is 6.04 Å². The Morgan fingerprint density at radius 2 is 1.83 bits per heavy atom. The lowest BCUT2D eigenvalue weighted by molar-refractivity contribution is -0.141. The number of hydrogen-bond donors (Lipinski definition) is 1. The fraction of sp³-hybridized carbons (Fsp3) is 0.286. The van der Waals surface area contributed by atoms with Crippen LogP contribution in [0.2, 0.25) is 0 Å². The number of aryl methyl sites for hydroxylation is 1. The van der Waals surface area contributed by atoms with Gasteiger partial charge in [-0.15, -0.1) is 0 Å². The number of benzene rings is 2. The number of esters is 1. The number of nitriles is 1. The van der Waals surface area contributed by atoms with Crippen LogP contribution in [0.15, 0.2) is 71.7 Å². The maximum atomic E-state index is 13.4. The Kier molecular flexibility index (Phi) is 8.58. The van der Waals surface area contributed by atoms with Gasteiger partial charge in [0.15, 0.2) is 0 Å². The zero-order chi connectivity index (χ0) is 25.4. The molecule has 7 heteroatoms. The van der Waals surface area contributed by atoms with E-state index in [0.717, 1.165) is 16.7 Å². The fourth-order valence-electron chi connectivity index (χ4n) is 4.11. The molecule has 0 fully saturated rings. The third-order valence-electron chi connectivity index (χ3n) is 5.97. The second kappa shape index (κ2) is 11.8. The van der Waals surface area contributed by atoms with Gasteiger partial charge in [-0.05, 0) is 48.2 Å². The zero-order valence-electron chi connectivity index (χ0n) is 20.2. The summed E-state index contributed by atoms with van der Waals surface area (Å²) in [5, 5.41) is 12.6. The number of amides is 1. The number of pyridine rings is 1. The molecule has 1 N–H and O–H groups in total. The second-order valence-corrected chi connectivity index (χ2v) is 8.32. The van der Waals surface area contributed by atoms with E-state index >= 15 is 0 Å². The van der Waals surface area contributed by atoms with E-state index in [1.807, 2.05) is 44.2 Å². The number of hydrogen-bond acceptors (Lipinski definition) is 5. The molecule has 2 unspecified atom stereocenters. The highest BCUT2D eigenvalue weighted by molar-refractivity contribution is 5.82. The molecular formula is C28H29N3O4. The summed E-state index contributed by atoms with van der Waals surface area (Å²) in [4.78, 5) is 38.0. The first-order valence-electron chi connectivity index (χ1n) is 11.5. The predicted molar refractivity (Wildman–Crippen MR) is 133 cm³/mol. The zero-order valence-corrected chi connectivity index (χ0v) is 20.2. The standard InChI is InChI=1S/C28H29N3O4/c1-4-9-25(31-15-8-7-12-26(31)32)28(34)30-24(17-27(33)35-3)20-13-14-21(18-29)23(16-20)22-11-6-5-10-19(22)2/h5-8,10-16,24-25H,4,9,17H2,1-3H3,(H,30,34). The molecule has 180 valence electrons. The van der Waals surface area contributed by atoms with Gasteiger partial charge in [0.2, 0.25) is 5.91 Å². The van der Waals surface area contributed by atoms with E-state index in [4.69, 9.17) is 4.74 Å². The highest BCUT2D eigenvalue weighted by Crippen LogP contribution is 2.31. The van der Waals surface area contributed by atoms with Crippen LogP contribution < -0.4 is 10.9 Å². The Morgan fingerprint density at radius 3 is 2.49 bits per heavy atom. The van der Waals surface area contributed by atoms with Gasteiger partial charge in [-0.1, -0.05) is 49.7 Å². The number of aromatic nitrogens is 1. The average Bonchev–Trinajstić information content (AvgIpc) is 2.87. The lowest BCUT2D eigenvalue weighted by Crippen LogP contribution is -2.39. The molecule has 0 aliphatic carbocycles. The number of rotatable bonds is 9. The summed E-state index contributed by atoms with van der Waals surface area (Å²) < 4.78 is 6.28. The molecule has 0 aliphatic heterocycles. The smallest absolute Gasteiger partial charge is 0.307 e. The molecule has 3 aromatic rings. The van der Waals surface area contributed by atoms with Crippen LogP contribution in [-0.4, -0.2) is 23.6 Å². The number of nitrogens with one attached hydrogen (secondary N) is 1. The Labute approximate surface area is 205 Å². The highest BCUT2D eigenvalue weighted by Gasteiger charge is 2.26. The first kappa shape index (κ1) is 25.4. The maximum Gasteiger partial charge on any atom is 0.307 e. The molecule has 1 amide bonds. The normalized spacial score (nSPS) is 12.3. The summed E-state index contributed by atoms with van der Waals surface area (Å²) in [5.41, 5.74) is 3.50. The van der Waals surface area contributed by atoms with E-state index in [-0.39, 0.29) is 17.9 Å². The maximum absolute atomic E-state index is 13.4. The van der Waals surface area contributed by atoms with Gasteiger partial charge >= 0.3 is 5.97 Å². The minimum absolute atomic E-state index is 0.0934. The third-order valence-corrected chi connectivity index (χ3v) is 5.97. The van der Waals surface area contributed by atoms with E-state index in [2.05, 4.69) is 11.4 Å². The largest absolute Gasteiger partial charge is 0.469 e. The quantitative estimate of drug-likeness (QED) is 0.465. The van der Waals surface area contributed by atoms with Crippen LogP contribution in [0.3, 0.4) is 0 Å². The Bertz CT molecular complexity index is 1310. The molecule has 0 spiro atoms. The molecule has 0 saturated heterocycles. The van der Waals surface area contributed by atoms with Crippen molar-refractivity contribution < 1.29 is 14.3 Å². The van der Waals surface area contributed by atoms with Crippen LogP contribution in [0.4, 0.5) is 0 Å². The molecule has 7 nitrogen and oxygen atoms in total. The van der Waals surface area contributed by atoms with Gasteiger partial charge in [0.25, 0.3) is 5.56 Å². The van der Waals surface area contributed by atoms with Crippen molar-refractivity contribution in [2.24, 2.45) is 0 Å². The number of carbonyl (C=O) groups excluding carboxylic acids is 2. The van der Waals surface area contributed by atoms with Gasteiger partial charge in [-0.2, -0.15) is 5.26 Å². The van der Waals surface area contributed by atoms with E-state index in [9.17, 15) is 19.6 Å². The van der Waals surface area contributed by atoms with Crippen molar-refractivity contribution in [3.8, 4) is 17.2 Å². The average molecular weight is 472 g/mol. The minimum Gasteiger partial charge on any atom is -0.469 e. The molecule has 0 radical (unpaired) electrons. The lowest BCUT2D eigenvalue weighted by Gasteiger charge is -2.24. The first-order chi connectivity index (χ1) is 16.9. The number of ether oxygens (including phenoxy) is 1. The van der Waals surface area contributed by atoms with Crippen LogP contribution in [0, 0.1) is 18.3 Å². The molecule has 35 heavy (non-hydrogen) atoms. The summed E-state index contributed by atoms with van der Waals surface area (Å²) in [6, 6.07) is 18.5. The van der Waals surface area contributed by atoms with Gasteiger partial charge in [-0.25, -0.2) is 0 Å². The van der Waals surface area contributed by atoms with Crippen molar-refractivity contribution in [2.75, 3.05) is 7.11 Å². The molecule has 0 bridgehead atoms. The van der Waals surface area contributed by atoms with Gasteiger partial charge in [0, 0.05) is 17.8 Å². The van der Waals surface area contributed by atoms with Crippen LogP contribution in [0.25, 0.3) is 11.1 Å². The SMILES string of the molecule is CCCC(C(=O)NC(CC(=O)OC)c1ccc(C#N)c(-c2ccccc2C)c1)n1ccccc1=O. The van der Waals surface area contributed by atoms with Crippen LogP contribution in [-0.2, 0) is 14.3 Å². The molecule has 2 atom stereocenters. The topological polar surface area (TPSA) is 101 Å². The van der Waals surface area contributed by atoms with Gasteiger partial charge in [-0.3, -0.25) is 14.4 Å². The molecule has 0 aliphatic rings. The molecule has 3 rings (SSSR count). The lowest BCUT2D eigenvalue weighted by atomic mass is 9.92. The summed E-state index contributed by atoms with van der Waals surface area (Å²) in [5.74, 6) is -0.850. The number of methoxy groups -OCH3 is 1. The van der Waals surface area contributed by atoms with E-state index < -0.39 is 18.1 Å². The monoisotopic (exact) mass is 471 g/mol. The molecule has 2 aromatic carbocycles. The highest BCUT2D eigenvalue weighted by atomic mass is 16.5. The predicted octanol–water partition coefficient (Wildman–Crippen LogP) is 4.46. The van der Waals surface area contributed by atoms with E-state index in [1.165, 1.54) is 17.7 Å². The Morgan fingerprint density at radius 1 is 1.09 bits per heavy atom. The van der Waals surface area contributed by atoms with Crippen molar-refractivity contribution in [2.45, 2.75) is 45.2 Å². The molecule has 1 aromatic heterocycles. The van der Waals surface area contributed by atoms with Gasteiger partial charge in [0.05, 0.1) is 31.2 Å².